The van der Waals surface area contributed by atoms with E-state index in [4.69, 9.17) is 5.73 Å². The molecule has 0 spiro atoms. The van der Waals surface area contributed by atoms with E-state index < -0.39 is 0 Å². The Morgan fingerprint density at radius 1 is 1.42 bits per heavy atom. The lowest BCUT2D eigenvalue weighted by atomic mass is 9.77. The number of anilines is 1. The average molecular weight is 253 g/mol. The number of hydrogen-bond donors (Lipinski definition) is 2. The second-order valence-corrected chi connectivity index (χ2v) is 5.04. The lowest BCUT2D eigenvalue weighted by molar-refractivity contribution is 0.420. The molecule has 1 saturated carbocycles. The summed E-state index contributed by atoms with van der Waals surface area (Å²) in [7, 11) is 0. The van der Waals surface area contributed by atoms with Gasteiger partial charge in [0, 0.05) is 5.56 Å². The molecule has 3 N–H and O–H groups in total. The molecule has 1 fully saturated rings. The smallest absolute Gasteiger partial charge is 0.239 e. The van der Waals surface area contributed by atoms with E-state index in [0.717, 1.165) is 11.1 Å². The van der Waals surface area contributed by atoms with Crippen molar-refractivity contribution < 1.29 is 0 Å². The first-order valence-corrected chi connectivity index (χ1v) is 6.42. The molecule has 0 unspecified atom stereocenters. The van der Waals surface area contributed by atoms with Gasteiger partial charge in [-0.3, -0.25) is 5.10 Å². The Balaban J connectivity index is 2.17. The van der Waals surface area contributed by atoms with Gasteiger partial charge < -0.3 is 5.73 Å². The number of aryl methyl sites for hydroxylation is 1. The SMILES string of the molecule is Cc1cc(C2CCC2)c(-c2nc(N)n[nH]2)cc1C#N. The summed E-state index contributed by atoms with van der Waals surface area (Å²) >= 11 is 0. The number of H-pyrrole nitrogens is 1. The Hall–Kier alpha value is -2.35. The fourth-order valence-electron chi connectivity index (χ4n) is 2.51. The topological polar surface area (TPSA) is 91.4 Å². The number of nitrogens with two attached hydrogens (primary N) is 1. The molecule has 5 nitrogen and oxygen atoms in total. The number of rotatable bonds is 2. The molecule has 3 rings (SSSR count). The highest BCUT2D eigenvalue weighted by molar-refractivity contribution is 5.66. The predicted molar refractivity (Wildman–Crippen MR) is 72.3 cm³/mol. The molecule has 96 valence electrons. The number of nitrogens with zero attached hydrogens (tertiary/aromatic N) is 3. The minimum Gasteiger partial charge on any atom is -0.366 e. The lowest BCUT2D eigenvalue weighted by Gasteiger charge is -2.28. The normalized spacial score (nSPS) is 14.9. The molecule has 1 aromatic carbocycles. The summed E-state index contributed by atoms with van der Waals surface area (Å²) < 4.78 is 0. The van der Waals surface area contributed by atoms with Crippen LogP contribution in [0.1, 0.15) is 41.9 Å². The van der Waals surface area contributed by atoms with Crippen molar-refractivity contribution in [3.05, 3.63) is 28.8 Å². The fourth-order valence-corrected chi connectivity index (χ4v) is 2.51. The minimum absolute atomic E-state index is 0.230. The van der Waals surface area contributed by atoms with E-state index >= 15 is 0 Å². The number of benzene rings is 1. The van der Waals surface area contributed by atoms with Crippen molar-refractivity contribution in [3.63, 3.8) is 0 Å². The maximum absolute atomic E-state index is 9.17. The number of nitriles is 1. The number of aromatic amines is 1. The van der Waals surface area contributed by atoms with Crippen molar-refractivity contribution in [2.24, 2.45) is 0 Å². The monoisotopic (exact) mass is 253 g/mol. The van der Waals surface area contributed by atoms with Crippen LogP contribution in [0.15, 0.2) is 12.1 Å². The maximum atomic E-state index is 9.17. The van der Waals surface area contributed by atoms with Crippen molar-refractivity contribution in [2.45, 2.75) is 32.1 Å². The van der Waals surface area contributed by atoms with E-state index in [1.807, 2.05) is 13.0 Å². The third-order valence-corrected chi connectivity index (χ3v) is 3.82. The highest BCUT2D eigenvalue weighted by Gasteiger charge is 2.24. The third-order valence-electron chi connectivity index (χ3n) is 3.82. The minimum atomic E-state index is 0.230. The summed E-state index contributed by atoms with van der Waals surface area (Å²) in [5.74, 6) is 1.44. The van der Waals surface area contributed by atoms with Gasteiger partial charge in [-0.1, -0.05) is 12.5 Å². The molecule has 1 aliphatic rings. The zero-order valence-electron chi connectivity index (χ0n) is 10.8. The Kier molecular flexibility index (Phi) is 2.71. The van der Waals surface area contributed by atoms with Crippen molar-refractivity contribution in [3.8, 4) is 17.5 Å². The van der Waals surface area contributed by atoms with Crippen molar-refractivity contribution in [1.29, 1.82) is 5.26 Å². The first-order chi connectivity index (χ1) is 9.19. The first-order valence-electron chi connectivity index (χ1n) is 6.42. The van der Waals surface area contributed by atoms with E-state index in [9.17, 15) is 5.26 Å². The molecule has 0 aliphatic heterocycles. The summed E-state index contributed by atoms with van der Waals surface area (Å²) in [5, 5.41) is 15.9. The molecule has 0 saturated heterocycles. The van der Waals surface area contributed by atoms with Crippen LogP contribution in [-0.4, -0.2) is 15.2 Å². The van der Waals surface area contributed by atoms with Crippen molar-refractivity contribution in [2.75, 3.05) is 5.73 Å². The van der Waals surface area contributed by atoms with Gasteiger partial charge in [0.1, 0.15) is 0 Å². The standard InChI is InChI=1S/C14H15N5/c1-8-5-11(9-3-2-4-9)12(6-10(8)7-15)13-17-14(16)19-18-13/h5-6,9H,2-4H2,1H3,(H3,16,17,18,19). The van der Waals surface area contributed by atoms with Crippen molar-refractivity contribution >= 4 is 5.95 Å². The Labute approximate surface area is 111 Å². The van der Waals surface area contributed by atoms with Crippen molar-refractivity contribution in [1.82, 2.24) is 15.2 Å². The van der Waals surface area contributed by atoms with Crippen LogP contribution in [0.4, 0.5) is 5.95 Å². The molecule has 2 aromatic rings. The average Bonchev–Trinajstić information content (AvgIpc) is 2.74. The zero-order valence-corrected chi connectivity index (χ0v) is 10.8. The summed E-state index contributed by atoms with van der Waals surface area (Å²) in [6.07, 6.45) is 3.66. The maximum Gasteiger partial charge on any atom is 0.239 e. The molecule has 1 aliphatic carbocycles. The van der Waals surface area contributed by atoms with Gasteiger partial charge in [-0.2, -0.15) is 10.2 Å². The largest absolute Gasteiger partial charge is 0.366 e. The highest BCUT2D eigenvalue weighted by Crippen LogP contribution is 2.41. The summed E-state index contributed by atoms with van der Waals surface area (Å²) in [5.41, 5.74) is 9.46. The van der Waals surface area contributed by atoms with E-state index in [1.54, 1.807) is 0 Å². The molecular weight excluding hydrogens is 238 g/mol. The molecule has 0 bridgehead atoms. The van der Waals surface area contributed by atoms with E-state index in [0.29, 0.717) is 17.3 Å². The number of nitrogens with one attached hydrogen (secondary N) is 1. The van der Waals surface area contributed by atoms with Gasteiger partial charge in [-0.05, 0) is 42.9 Å². The molecule has 0 atom stereocenters. The van der Waals surface area contributed by atoms with Gasteiger partial charge in [0.15, 0.2) is 5.82 Å². The summed E-state index contributed by atoms with van der Waals surface area (Å²) in [6.45, 7) is 1.97. The van der Waals surface area contributed by atoms with Gasteiger partial charge >= 0.3 is 0 Å². The van der Waals surface area contributed by atoms with Crippen LogP contribution in [0.25, 0.3) is 11.4 Å². The Morgan fingerprint density at radius 3 is 2.74 bits per heavy atom. The molecule has 19 heavy (non-hydrogen) atoms. The quantitative estimate of drug-likeness (QED) is 0.860. The molecule has 1 heterocycles. The van der Waals surface area contributed by atoms with Crippen LogP contribution in [0, 0.1) is 18.3 Å². The first kappa shape index (κ1) is 11.7. The van der Waals surface area contributed by atoms with Gasteiger partial charge in [-0.15, -0.1) is 5.10 Å². The van der Waals surface area contributed by atoms with E-state index in [1.165, 1.54) is 24.8 Å². The molecule has 0 radical (unpaired) electrons. The third kappa shape index (κ3) is 1.95. The molecule has 1 aromatic heterocycles. The molecule has 5 heteroatoms. The Morgan fingerprint density at radius 2 is 2.21 bits per heavy atom. The molecule has 0 amide bonds. The fraction of sp³-hybridized carbons (Fsp3) is 0.357. The van der Waals surface area contributed by atoms with Gasteiger partial charge in [-0.25, -0.2) is 0 Å². The van der Waals surface area contributed by atoms with Gasteiger partial charge in [0.2, 0.25) is 5.95 Å². The molecular formula is C14H15N5. The van der Waals surface area contributed by atoms with Crippen LogP contribution in [0.2, 0.25) is 0 Å². The van der Waals surface area contributed by atoms with Gasteiger partial charge in [0.25, 0.3) is 0 Å². The lowest BCUT2D eigenvalue weighted by Crippen LogP contribution is -2.11. The van der Waals surface area contributed by atoms with Crippen LogP contribution in [-0.2, 0) is 0 Å². The summed E-state index contributed by atoms with van der Waals surface area (Å²) in [6, 6.07) is 6.22. The summed E-state index contributed by atoms with van der Waals surface area (Å²) in [4.78, 5) is 4.19. The zero-order chi connectivity index (χ0) is 13.4. The second kappa shape index (κ2) is 4.39. The number of aromatic nitrogens is 3. The highest BCUT2D eigenvalue weighted by atomic mass is 15.3. The van der Waals surface area contributed by atoms with Crippen LogP contribution in [0.3, 0.4) is 0 Å². The van der Waals surface area contributed by atoms with Crippen LogP contribution < -0.4 is 5.73 Å². The van der Waals surface area contributed by atoms with Crippen LogP contribution >= 0.6 is 0 Å². The predicted octanol–water partition coefficient (Wildman–Crippen LogP) is 2.50. The van der Waals surface area contributed by atoms with E-state index in [2.05, 4.69) is 27.3 Å². The van der Waals surface area contributed by atoms with Gasteiger partial charge in [0.05, 0.1) is 11.6 Å². The number of hydrogen-bond acceptors (Lipinski definition) is 4. The van der Waals surface area contributed by atoms with E-state index in [-0.39, 0.29) is 5.95 Å². The Bertz CT molecular complexity index is 661. The second-order valence-electron chi connectivity index (χ2n) is 5.04. The van der Waals surface area contributed by atoms with Crippen LogP contribution in [0.5, 0.6) is 0 Å². The number of nitrogen functional groups attached to an aromatic ring is 1.